The van der Waals surface area contributed by atoms with Crippen LogP contribution in [0.3, 0.4) is 0 Å². The van der Waals surface area contributed by atoms with Crippen molar-refractivity contribution in [1.29, 1.82) is 0 Å². The largest absolute Gasteiger partial charge is 0.355 e. The van der Waals surface area contributed by atoms with Crippen LogP contribution in [0.15, 0.2) is 24.4 Å². The lowest BCUT2D eigenvalue weighted by Crippen LogP contribution is -2.19. The van der Waals surface area contributed by atoms with E-state index in [-0.39, 0.29) is 16.2 Å². The molecule has 0 saturated heterocycles. The first-order chi connectivity index (χ1) is 9.51. The highest BCUT2D eigenvalue weighted by Gasteiger charge is 2.13. The van der Waals surface area contributed by atoms with Crippen LogP contribution in [0.5, 0.6) is 0 Å². The van der Waals surface area contributed by atoms with Gasteiger partial charge in [0.05, 0.1) is 17.4 Å². The Bertz CT molecular complexity index is 663. The average molecular weight is 332 g/mol. The zero-order valence-electron chi connectivity index (χ0n) is 10.2. The number of carbonyl (C=O) groups excluding carboxylic acids is 1. The van der Waals surface area contributed by atoms with Crippen LogP contribution in [-0.4, -0.2) is 22.9 Å². The number of hydrogen-bond acceptors (Lipinski definition) is 4. The van der Waals surface area contributed by atoms with Gasteiger partial charge in [-0.2, -0.15) is 4.98 Å². The number of hydrogen-bond donors (Lipinski definition) is 2. The summed E-state index contributed by atoms with van der Waals surface area (Å²) < 4.78 is 0. The van der Waals surface area contributed by atoms with Gasteiger partial charge in [-0.25, -0.2) is 4.98 Å². The van der Waals surface area contributed by atoms with E-state index in [1.807, 2.05) is 0 Å². The molecule has 5 nitrogen and oxygen atoms in total. The van der Waals surface area contributed by atoms with Gasteiger partial charge in [0, 0.05) is 12.1 Å². The molecule has 2 aromatic rings. The highest BCUT2D eigenvalue weighted by atomic mass is 35.5. The Morgan fingerprint density at radius 3 is 2.70 bits per heavy atom. The van der Waals surface area contributed by atoms with E-state index in [9.17, 15) is 4.79 Å². The fourth-order valence-electron chi connectivity index (χ4n) is 1.51. The summed E-state index contributed by atoms with van der Waals surface area (Å²) in [7, 11) is 1.54. The summed E-state index contributed by atoms with van der Waals surface area (Å²) in [4.78, 5) is 19.5. The number of halogens is 3. The summed E-state index contributed by atoms with van der Waals surface area (Å²) in [5.74, 6) is 0.0273. The van der Waals surface area contributed by atoms with E-state index in [2.05, 4.69) is 20.6 Å². The SMILES string of the molecule is CNC(=O)c1ccc(Cl)cc1Nc1nc(Cl)ncc1Cl. The van der Waals surface area contributed by atoms with Gasteiger partial charge in [-0.1, -0.05) is 23.2 Å². The number of carbonyl (C=O) groups is 1. The molecule has 0 atom stereocenters. The lowest BCUT2D eigenvalue weighted by atomic mass is 10.1. The quantitative estimate of drug-likeness (QED) is 0.844. The first-order valence-corrected chi connectivity index (χ1v) is 6.61. The summed E-state index contributed by atoms with van der Waals surface area (Å²) in [5.41, 5.74) is 0.871. The van der Waals surface area contributed by atoms with Crippen molar-refractivity contribution >= 4 is 52.2 Å². The first-order valence-electron chi connectivity index (χ1n) is 5.48. The molecule has 1 aromatic carbocycles. The summed E-state index contributed by atoms with van der Waals surface area (Å²) in [6, 6.07) is 4.81. The number of rotatable bonds is 3. The minimum Gasteiger partial charge on any atom is -0.355 e. The minimum atomic E-state index is -0.263. The van der Waals surface area contributed by atoms with Gasteiger partial charge in [-0.15, -0.1) is 0 Å². The van der Waals surface area contributed by atoms with Gasteiger partial charge >= 0.3 is 0 Å². The molecule has 2 rings (SSSR count). The van der Waals surface area contributed by atoms with Crippen molar-refractivity contribution in [2.45, 2.75) is 0 Å². The molecule has 0 unspecified atom stereocenters. The first kappa shape index (κ1) is 14.8. The van der Waals surface area contributed by atoms with Gasteiger partial charge in [-0.3, -0.25) is 4.79 Å². The molecule has 0 spiro atoms. The predicted octanol–water partition coefficient (Wildman–Crippen LogP) is 3.54. The Balaban J connectivity index is 2.44. The molecule has 104 valence electrons. The highest BCUT2D eigenvalue weighted by Crippen LogP contribution is 2.28. The fourth-order valence-corrected chi connectivity index (χ4v) is 1.96. The van der Waals surface area contributed by atoms with Crippen LogP contribution in [0.25, 0.3) is 0 Å². The molecule has 8 heteroatoms. The predicted molar refractivity (Wildman–Crippen MR) is 80.2 cm³/mol. The summed E-state index contributed by atoms with van der Waals surface area (Å²) in [5, 5.41) is 6.25. The summed E-state index contributed by atoms with van der Waals surface area (Å²) >= 11 is 17.6. The Morgan fingerprint density at radius 2 is 2.00 bits per heavy atom. The Kier molecular flexibility index (Phi) is 4.65. The second-order valence-electron chi connectivity index (χ2n) is 3.73. The van der Waals surface area contributed by atoms with Gasteiger partial charge < -0.3 is 10.6 Å². The number of benzene rings is 1. The summed E-state index contributed by atoms with van der Waals surface area (Å²) in [6.07, 6.45) is 1.36. The monoisotopic (exact) mass is 330 g/mol. The second-order valence-corrected chi connectivity index (χ2v) is 4.91. The molecular weight excluding hydrogens is 323 g/mol. The maximum absolute atomic E-state index is 11.8. The van der Waals surface area contributed by atoms with E-state index in [0.717, 1.165) is 0 Å². The van der Waals surface area contributed by atoms with Gasteiger partial charge in [0.15, 0.2) is 5.82 Å². The molecular formula is C12H9Cl3N4O. The van der Waals surface area contributed by atoms with Crippen LogP contribution >= 0.6 is 34.8 Å². The van der Waals surface area contributed by atoms with E-state index in [4.69, 9.17) is 34.8 Å². The zero-order chi connectivity index (χ0) is 14.7. The number of anilines is 2. The highest BCUT2D eigenvalue weighted by molar-refractivity contribution is 6.34. The maximum atomic E-state index is 11.8. The molecule has 20 heavy (non-hydrogen) atoms. The molecule has 2 N–H and O–H groups in total. The van der Waals surface area contributed by atoms with E-state index >= 15 is 0 Å². The molecule has 0 fully saturated rings. The molecule has 1 amide bonds. The van der Waals surface area contributed by atoms with Crippen LogP contribution in [0.4, 0.5) is 11.5 Å². The van der Waals surface area contributed by atoms with Gasteiger partial charge in [0.25, 0.3) is 5.91 Å². The van der Waals surface area contributed by atoms with Gasteiger partial charge in [0.1, 0.15) is 5.02 Å². The van der Waals surface area contributed by atoms with Crippen LogP contribution < -0.4 is 10.6 Å². The lowest BCUT2D eigenvalue weighted by molar-refractivity contribution is 0.0964. The van der Waals surface area contributed by atoms with Crippen molar-refractivity contribution in [1.82, 2.24) is 15.3 Å². The zero-order valence-corrected chi connectivity index (χ0v) is 12.5. The number of amides is 1. The van der Waals surface area contributed by atoms with Crippen LogP contribution in [0.1, 0.15) is 10.4 Å². The van der Waals surface area contributed by atoms with Crippen LogP contribution in [-0.2, 0) is 0 Å². The molecule has 1 heterocycles. The van der Waals surface area contributed by atoms with Crippen LogP contribution in [0.2, 0.25) is 15.3 Å². The van der Waals surface area contributed by atoms with Crippen molar-refractivity contribution in [2.24, 2.45) is 0 Å². The third kappa shape index (κ3) is 3.30. The molecule has 0 aliphatic carbocycles. The van der Waals surface area contributed by atoms with Crippen LogP contribution in [0, 0.1) is 0 Å². The third-order valence-electron chi connectivity index (χ3n) is 2.42. The molecule has 0 aliphatic rings. The molecule has 0 radical (unpaired) electrons. The van der Waals surface area contributed by atoms with E-state index in [1.54, 1.807) is 18.2 Å². The Hall–Kier alpha value is -1.56. The van der Waals surface area contributed by atoms with Crippen molar-refractivity contribution in [3.63, 3.8) is 0 Å². The number of nitrogens with one attached hydrogen (secondary N) is 2. The fraction of sp³-hybridized carbons (Fsp3) is 0.0833. The number of nitrogens with zero attached hydrogens (tertiary/aromatic N) is 2. The Morgan fingerprint density at radius 1 is 1.25 bits per heavy atom. The second kappa shape index (κ2) is 6.26. The molecule has 0 bridgehead atoms. The molecule has 0 saturated carbocycles. The smallest absolute Gasteiger partial charge is 0.253 e. The lowest BCUT2D eigenvalue weighted by Gasteiger charge is -2.12. The standard InChI is InChI=1S/C12H9Cl3N4O/c1-16-11(20)7-3-2-6(13)4-9(7)18-10-8(14)5-17-12(15)19-10/h2-5H,1H3,(H,16,20)(H,17,18,19). The Labute approximate surface area is 130 Å². The van der Waals surface area contributed by atoms with E-state index in [1.165, 1.54) is 13.2 Å². The van der Waals surface area contributed by atoms with E-state index < -0.39 is 0 Å². The van der Waals surface area contributed by atoms with E-state index in [0.29, 0.717) is 22.1 Å². The van der Waals surface area contributed by atoms with Crippen molar-refractivity contribution in [3.05, 3.63) is 45.3 Å². The van der Waals surface area contributed by atoms with Crippen molar-refractivity contribution in [2.75, 3.05) is 12.4 Å². The van der Waals surface area contributed by atoms with Gasteiger partial charge in [0.2, 0.25) is 5.28 Å². The van der Waals surface area contributed by atoms with Crippen molar-refractivity contribution < 1.29 is 4.79 Å². The average Bonchev–Trinajstić information content (AvgIpc) is 2.42. The maximum Gasteiger partial charge on any atom is 0.253 e. The minimum absolute atomic E-state index is 0.0421. The van der Waals surface area contributed by atoms with Gasteiger partial charge in [-0.05, 0) is 29.8 Å². The van der Waals surface area contributed by atoms with Crippen molar-refractivity contribution in [3.8, 4) is 0 Å². The molecule has 0 aliphatic heterocycles. The summed E-state index contributed by atoms with van der Waals surface area (Å²) in [6.45, 7) is 0. The normalized spacial score (nSPS) is 10.2. The topological polar surface area (TPSA) is 66.9 Å². The number of aromatic nitrogens is 2. The third-order valence-corrected chi connectivity index (χ3v) is 3.11. The molecule has 1 aromatic heterocycles.